The first kappa shape index (κ1) is 14.7. The van der Waals surface area contributed by atoms with E-state index in [9.17, 15) is 9.90 Å². The molecule has 0 saturated carbocycles. The van der Waals surface area contributed by atoms with Crippen LogP contribution in [-0.2, 0) is 0 Å². The topological polar surface area (TPSA) is 72.6 Å². The average Bonchev–Trinajstić information content (AvgIpc) is 2.56. The molecule has 0 amide bonds. The molecule has 23 heavy (non-hydrogen) atoms. The summed E-state index contributed by atoms with van der Waals surface area (Å²) in [4.78, 5) is 11.4. The van der Waals surface area contributed by atoms with Crippen molar-refractivity contribution >= 4 is 11.7 Å². The van der Waals surface area contributed by atoms with Crippen molar-refractivity contribution in [1.82, 2.24) is 0 Å². The van der Waals surface area contributed by atoms with Gasteiger partial charge in [0.1, 0.15) is 17.1 Å². The number of nitrogens with two attached hydrogens (primary N) is 1. The summed E-state index contributed by atoms with van der Waals surface area (Å²) in [6.07, 6.45) is 0. The van der Waals surface area contributed by atoms with Gasteiger partial charge in [0.25, 0.3) is 0 Å². The van der Waals surface area contributed by atoms with Crippen LogP contribution in [0, 0.1) is 0 Å². The molecule has 0 aromatic heterocycles. The maximum Gasteiger partial charge on any atom is 0.339 e. The van der Waals surface area contributed by atoms with E-state index in [4.69, 9.17) is 10.5 Å². The maximum atomic E-state index is 11.4. The first-order chi connectivity index (χ1) is 11.1. The van der Waals surface area contributed by atoms with Crippen LogP contribution in [0.3, 0.4) is 0 Å². The van der Waals surface area contributed by atoms with Gasteiger partial charge in [-0.25, -0.2) is 4.79 Å². The van der Waals surface area contributed by atoms with E-state index in [0.29, 0.717) is 11.4 Å². The van der Waals surface area contributed by atoms with Crippen molar-refractivity contribution in [2.24, 2.45) is 0 Å². The third-order valence-corrected chi connectivity index (χ3v) is 3.43. The molecule has 0 saturated heterocycles. The monoisotopic (exact) mass is 305 g/mol. The smallest absolute Gasteiger partial charge is 0.339 e. The van der Waals surface area contributed by atoms with Crippen LogP contribution in [0.4, 0.5) is 5.69 Å². The predicted octanol–water partition coefficient (Wildman–Crippen LogP) is 4.43. The van der Waals surface area contributed by atoms with Crippen molar-refractivity contribution in [3.8, 4) is 22.6 Å². The van der Waals surface area contributed by atoms with Crippen LogP contribution in [-0.4, -0.2) is 11.1 Å². The number of rotatable bonds is 4. The second-order valence-corrected chi connectivity index (χ2v) is 5.02. The fourth-order valence-electron chi connectivity index (χ4n) is 2.33. The molecule has 3 aromatic carbocycles. The van der Waals surface area contributed by atoms with Crippen molar-refractivity contribution in [2.75, 3.05) is 5.73 Å². The Labute approximate surface area is 133 Å². The highest BCUT2D eigenvalue weighted by Crippen LogP contribution is 2.35. The Kier molecular flexibility index (Phi) is 3.97. The first-order valence-electron chi connectivity index (χ1n) is 7.10. The summed E-state index contributed by atoms with van der Waals surface area (Å²) in [6, 6.07) is 21.7. The van der Waals surface area contributed by atoms with Gasteiger partial charge < -0.3 is 15.6 Å². The average molecular weight is 305 g/mol. The van der Waals surface area contributed by atoms with Crippen LogP contribution in [0.25, 0.3) is 11.1 Å². The molecule has 0 unspecified atom stereocenters. The lowest BCUT2D eigenvalue weighted by atomic mass is 10.0. The number of carbonyl (C=O) groups is 1. The summed E-state index contributed by atoms with van der Waals surface area (Å²) in [6.45, 7) is 0. The highest BCUT2D eigenvalue weighted by Gasteiger charge is 2.14. The van der Waals surface area contributed by atoms with Crippen LogP contribution >= 0.6 is 0 Å². The van der Waals surface area contributed by atoms with Gasteiger partial charge in [0.05, 0.1) is 0 Å². The number of para-hydroxylation sites is 1. The van der Waals surface area contributed by atoms with Crippen LogP contribution in [0.15, 0.2) is 72.8 Å². The molecule has 0 heterocycles. The van der Waals surface area contributed by atoms with Crippen LogP contribution in [0.1, 0.15) is 10.4 Å². The Morgan fingerprint density at radius 3 is 2.30 bits per heavy atom. The number of ether oxygens (including phenoxy) is 1. The van der Waals surface area contributed by atoms with Crippen LogP contribution in [0.5, 0.6) is 11.5 Å². The minimum absolute atomic E-state index is 0.0714. The number of hydrogen-bond acceptors (Lipinski definition) is 3. The number of benzene rings is 3. The van der Waals surface area contributed by atoms with Gasteiger partial charge in [-0.15, -0.1) is 0 Å². The number of anilines is 1. The van der Waals surface area contributed by atoms with Gasteiger partial charge in [0.2, 0.25) is 0 Å². The van der Waals surface area contributed by atoms with E-state index in [0.717, 1.165) is 11.1 Å². The fraction of sp³-hybridized carbons (Fsp3) is 0. The Morgan fingerprint density at radius 2 is 1.57 bits per heavy atom. The first-order valence-corrected chi connectivity index (χ1v) is 7.10. The molecule has 0 aliphatic rings. The zero-order valence-corrected chi connectivity index (χ0v) is 12.3. The lowest BCUT2D eigenvalue weighted by Crippen LogP contribution is -2.01. The lowest BCUT2D eigenvalue weighted by Gasteiger charge is -2.13. The molecule has 0 fully saturated rings. The molecule has 4 heteroatoms. The number of aromatic carboxylic acids is 1. The summed E-state index contributed by atoms with van der Waals surface area (Å²) >= 11 is 0. The molecular weight excluding hydrogens is 290 g/mol. The quantitative estimate of drug-likeness (QED) is 0.700. The van der Waals surface area contributed by atoms with Crippen molar-refractivity contribution in [2.45, 2.75) is 0 Å². The molecule has 0 aliphatic carbocycles. The van der Waals surface area contributed by atoms with Gasteiger partial charge in [-0.05, 0) is 23.8 Å². The maximum absolute atomic E-state index is 11.4. The molecule has 0 radical (unpaired) electrons. The van der Waals surface area contributed by atoms with E-state index in [1.165, 1.54) is 12.1 Å². The molecule has 0 aliphatic heterocycles. The molecule has 0 spiro atoms. The van der Waals surface area contributed by atoms with Gasteiger partial charge in [0, 0.05) is 17.3 Å². The van der Waals surface area contributed by atoms with Crippen molar-refractivity contribution in [1.29, 1.82) is 0 Å². The zero-order chi connectivity index (χ0) is 16.2. The molecule has 3 N–H and O–H groups in total. The van der Waals surface area contributed by atoms with Gasteiger partial charge in [0.15, 0.2) is 0 Å². The standard InChI is InChI=1S/C19H15NO3/c20-14-10-11-16(19(21)22)18(12-14)23-17-9-5-4-8-15(17)13-6-2-1-3-7-13/h1-12H,20H2,(H,21,22). The van der Waals surface area contributed by atoms with Gasteiger partial charge in [-0.1, -0.05) is 48.5 Å². The largest absolute Gasteiger partial charge is 0.478 e. The van der Waals surface area contributed by atoms with Crippen LogP contribution in [0.2, 0.25) is 0 Å². The lowest BCUT2D eigenvalue weighted by molar-refractivity contribution is 0.0694. The molecule has 0 bridgehead atoms. The molecule has 4 nitrogen and oxygen atoms in total. The summed E-state index contributed by atoms with van der Waals surface area (Å²) in [5.41, 5.74) is 8.15. The van der Waals surface area contributed by atoms with Gasteiger partial charge in [-0.2, -0.15) is 0 Å². The summed E-state index contributed by atoms with van der Waals surface area (Å²) < 4.78 is 5.88. The second-order valence-electron chi connectivity index (χ2n) is 5.02. The van der Waals surface area contributed by atoms with E-state index in [1.54, 1.807) is 12.1 Å². The van der Waals surface area contributed by atoms with Crippen molar-refractivity contribution in [3.63, 3.8) is 0 Å². The summed E-state index contributed by atoms with van der Waals surface area (Å²) in [7, 11) is 0. The summed E-state index contributed by atoms with van der Waals surface area (Å²) in [5.74, 6) is -0.259. The molecule has 3 aromatic rings. The van der Waals surface area contributed by atoms with Gasteiger partial charge >= 0.3 is 5.97 Å². The highest BCUT2D eigenvalue weighted by atomic mass is 16.5. The number of hydrogen-bond donors (Lipinski definition) is 2. The van der Waals surface area contributed by atoms with E-state index < -0.39 is 5.97 Å². The minimum Gasteiger partial charge on any atom is -0.478 e. The van der Waals surface area contributed by atoms with Crippen molar-refractivity contribution < 1.29 is 14.6 Å². The van der Waals surface area contributed by atoms with E-state index >= 15 is 0 Å². The second kappa shape index (κ2) is 6.23. The molecule has 114 valence electrons. The zero-order valence-electron chi connectivity index (χ0n) is 12.3. The highest BCUT2D eigenvalue weighted by molar-refractivity contribution is 5.91. The number of carboxylic acid groups (broad SMARTS) is 1. The normalized spacial score (nSPS) is 10.3. The number of nitrogen functional groups attached to an aromatic ring is 1. The Morgan fingerprint density at radius 1 is 0.870 bits per heavy atom. The fourth-order valence-corrected chi connectivity index (χ4v) is 2.33. The van der Waals surface area contributed by atoms with E-state index in [2.05, 4.69) is 0 Å². The van der Waals surface area contributed by atoms with Crippen molar-refractivity contribution in [3.05, 3.63) is 78.4 Å². The van der Waals surface area contributed by atoms with Crippen LogP contribution < -0.4 is 10.5 Å². The summed E-state index contributed by atoms with van der Waals surface area (Å²) in [5, 5.41) is 9.30. The Balaban J connectivity index is 2.05. The molecule has 0 atom stereocenters. The number of carboxylic acids is 1. The third-order valence-electron chi connectivity index (χ3n) is 3.43. The Bertz CT molecular complexity index is 844. The van der Waals surface area contributed by atoms with Gasteiger partial charge in [-0.3, -0.25) is 0 Å². The molecular formula is C19H15NO3. The Hall–Kier alpha value is -3.27. The molecule has 3 rings (SSSR count). The SMILES string of the molecule is Nc1ccc(C(=O)O)c(Oc2ccccc2-c2ccccc2)c1. The van der Waals surface area contributed by atoms with E-state index in [-0.39, 0.29) is 11.3 Å². The minimum atomic E-state index is -1.06. The van der Waals surface area contributed by atoms with E-state index in [1.807, 2.05) is 48.5 Å². The predicted molar refractivity (Wildman–Crippen MR) is 89.8 cm³/mol. The third kappa shape index (κ3) is 3.16.